The number of para-hydroxylation sites is 1. The molecule has 2 amide bonds. The third kappa shape index (κ3) is 4.37. The molecule has 142 valence electrons. The summed E-state index contributed by atoms with van der Waals surface area (Å²) in [5.74, 6) is 2.30. The van der Waals surface area contributed by atoms with Gasteiger partial charge >= 0.3 is 0 Å². The van der Waals surface area contributed by atoms with E-state index in [2.05, 4.69) is 24.5 Å². The monoisotopic (exact) mass is 358 g/mol. The van der Waals surface area contributed by atoms with Crippen LogP contribution < -0.4 is 15.4 Å². The van der Waals surface area contributed by atoms with Crippen molar-refractivity contribution in [3.63, 3.8) is 0 Å². The van der Waals surface area contributed by atoms with E-state index in [0.717, 1.165) is 30.6 Å². The lowest BCUT2D eigenvalue weighted by atomic mass is 9.67. The molecule has 0 radical (unpaired) electrons. The fourth-order valence-corrected chi connectivity index (χ4v) is 4.50. The van der Waals surface area contributed by atoms with Crippen molar-refractivity contribution in [2.24, 2.45) is 17.8 Å². The first-order valence-electron chi connectivity index (χ1n) is 9.71. The highest BCUT2D eigenvalue weighted by Crippen LogP contribution is 2.38. The first kappa shape index (κ1) is 18.7. The summed E-state index contributed by atoms with van der Waals surface area (Å²) < 4.78 is 5.63. The number of hydrogen-bond donors (Lipinski definition) is 2. The summed E-state index contributed by atoms with van der Waals surface area (Å²) in [5, 5.41) is 6.24. The van der Waals surface area contributed by atoms with Crippen molar-refractivity contribution < 1.29 is 14.3 Å². The second kappa shape index (κ2) is 8.11. The van der Waals surface area contributed by atoms with Crippen LogP contribution in [0.3, 0.4) is 0 Å². The Morgan fingerprint density at radius 2 is 2.08 bits per heavy atom. The van der Waals surface area contributed by atoms with Crippen LogP contribution >= 0.6 is 0 Å². The second-order valence-electron chi connectivity index (χ2n) is 8.08. The van der Waals surface area contributed by atoms with Gasteiger partial charge in [-0.15, -0.1) is 0 Å². The largest absolute Gasteiger partial charge is 0.484 e. The van der Waals surface area contributed by atoms with Gasteiger partial charge in [0.05, 0.1) is 0 Å². The first-order chi connectivity index (χ1) is 12.4. The first-order valence-corrected chi connectivity index (χ1v) is 9.71. The molecule has 5 nitrogen and oxygen atoms in total. The van der Waals surface area contributed by atoms with E-state index >= 15 is 0 Å². The summed E-state index contributed by atoms with van der Waals surface area (Å²) in [6.45, 7) is 6.40. The van der Waals surface area contributed by atoms with Gasteiger partial charge in [-0.25, -0.2) is 0 Å². The highest BCUT2D eigenvalue weighted by Gasteiger charge is 2.41. The maximum absolute atomic E-state index is 12.3. The molecule has 1 heterocycles. The van der Waals surface area contributed by atoms with Crippen molar-refractivity contribution in [3.8, 4) is 5.75 Å². The highest BCUT2D eigenvalue weighted by atomic mass is 16.5. The molecule has 4 unspecified atom stereocenters. The number of ether oxygens (including phenoxy) is 1. The second-order valence-corrected chi connectivity index (χ2v) is 8.08. The minimum Gasteiger partial charge on any atom is -0.484 e. The molecule has 2 N–H and O–H groups in total. The van der Waals surface area contributed by atoms with E-state index in [-0.39, 0.29) is 30.5 Å². The molecule has 3 rings (SSSR count). The van der Waals surface area contributed by atoms with Crippen LogP contribution in [-0.4, -0.2) is 30.5 Å². The Morgan fingerprint density at radius 1 is 1.31 bits per heavy atom. The predicted octanol–water partition coefficient (Wildman–Crippen LogP) is 2.82. The molecular formula is C21H30N2O3. The zero-order chi connectivity index (χ0) is 18.7. The van der Waals surface area contributed by atoms with Gasteiger partial charge in [0.2, 0.25) is 5.91 Å². The lowest BCUT2D eigenvalue weighted by molar-refractivity contribution is -0.128. The lowest BCUT2D eigenvalue weighted by Gasteiger charge is -2.45. The number of fused-ring (bicyclic) bond motifs is 1. The van der Waals surface area contributed by atoms with Gasteiger partial charge in [0.1, 0.15) is 5.75 Å². The van der Waals surface area contributed by atoms with Gasteiger partial charge in [0.25, 0.3) is 5.91 Å². The van der Waals surface area contributed by atoms with Crippen LogP contribution in [0.25, 0.3) is 0 Å². The minimum absolute atomic E-state index is 0.0242. The Hall–Kier alpha value is -2.04. The molecule has 0 aromatic heterocycles. The normalized spacial score (nSPS) is 28.2. The summed E-state index contributed by atoms with van der Waals surface area (Å²) in [5.41, 5.74) is 1.02. The fraction of sp³-hybridized carbons (Fsp3) is 0.619. The number of piperidine rings is 1. The summed E-state index contributed by atoms with van der Waals surface area (Å²) in [6.07, 6.45) is 3.48. The topological polar surface area (TPSA) is 67.4 Å². The molecule has 2 aliphatic rings. The van der Waals surface area contributed by atoms with Gasteiger partial charge in [0.15, 0.2) is 6.61 Å². The van der Waals surface area contributed by atoms with Crippen LogP contribution in [0.4, 0.5) is 0 Å². The Labute approximate surface area is 155 Å². The van der Waals surface area contributed by atoms with Crippen molar-refractivity contribution in [2.45, 2.75) is 58.5 Å². The molecule has 4 atom stereocenters. The van der Waals surface area contributed by atoms with E-state index in [1.54, 1.807) is 0 Å². The third-order valence-electron chi connectivity index (χ3n) is 5.89. The maximum atomic E-state index is 12.3. The number of aryl methyl sites for hydroxylation is 1. The molecule has 1 saturated carbocycles. The highest BCUT2D eigenvalue weighted by molar-refractivity contribution is 5.78. The zero-order valence-electron chi connectivity index (χ0n) is 16.0. The number of nitrogens with one attached hydrogen (secondary N) is 2. The average Bonchev–Trinajstić information content (AvgIpc) is 2.60. The molecule has 1 aliphatic heterocycles. The van der Waals surface area contributed by atoms with Gasteiger partial charge in [-0.3, -0.25) is 9.59 Å². The number of hydrogen-bond acceptors (Lipinski definition) is 3. The molecule has 1 saturated heterocycles. The number of benzene rings is 1. The van der Waals surface area contributed by atoms with E-state index in [4.69, 9.17) is 4.74 Å². The smallest absolute Gasteiger partial charge is 0.258 e. The summed E-state index contributed by atoms with van der Waals surface area (Å²) in [6, 6.07) is 7.97. The number of rotatable bonds is 5. The van der Waals surface area contributed by atoms with Gasteiger partial charge in [0, 0.05) is 18.5 Å². The summed E-state index contributed by atoms with van der Waals surface area (Å²) >= 11 is 0. The van der Waals surface area contributed by atoms with Crippen LogP contribution in [0.5, 0.6) is 5.75 Å². The number of carbonyl (C=O) groups is 2. The van der Waals surface area contributed by atoms with E-state index in [0.29, 0.717) is 24.2 Å². The molecule has 1 aromatic rings. The van der Waals surface area contributed by atoms with Crippen LogP contribution in [0.1, 0.15) is 45.1 Å². The fourth-order valence-electron chi connectivity index (χ4n) is 4.50. The number of carbonyl (C=O) groups excluding carboxylic acids is 2. The Morgan fingerprint density at radius 3 is 2.81 bits per heavy atom. The quantitative estimate of drug-likeness (QED) is 0.850. The van der Waals surface area contributed by atoms with Crippen LogP contribution in [-0.2, 0) is 9.59 Å². The molecule has 1 aliphatic carbocycles. The van der Waals surface area contributed by atoms with Crippen molar-refractivity contribution in [1.82, 2.24) is 10.6 Å². The van der Waals surface area contributed by atoms with Crippen molar-refractivity contribution in [2.75, 3.05) is 6.61 Å². The van der Waals surface area contributed by atoms with E-state index in [9.17, 15) is 9.59 Å². The van der Waals surface area contributed by atoms with Crippen LogP contribution in [0.2, 0.25) is 0 Å². The molecule has 2 fully saturated rings. The van der Waals surface area contributed by atoms with Gasteiger partial charge in [-0.05, 0) is 55.6 Å². The predicted molar refractivity (Wildman–Crippen MR) is 101 cm³/mol. The van der Waals surface area contributed by atoms with Gasteiger partial charge in [-0.1, -0.05) is 32.0 Å². The molecule has 0 spiro atoms. The lowest BCUT2D eigenvalue weighted by Crippen LogP contribution is -2.56. The molecule has 26 heavy (non-hydrogen) atoms. The van der Waals surface area contributed by atoms with Crippen LogP contribution in [0.15, 0.2) is 24.3 Å². The Balaban J connectivity index is 1.51. The standard InChI is InChI=1S/C21H30N2O3/c1-13(2)17-11-20(24)23-18-10-15(8-9-16(17)18)22-21(25)12-26-19-7-5-4-6-14(19)3/h4-7,13,15-18H,8-12H2,1-3H3,(H,22,25)(H,23,24). The summed E-state index contributed by atoms with van der Waals surface area (Å²) in [4.78, 5) is 24.3. The minimum atomic E-state index is -0.0979. The average molecular weight is 358 g/mol. The molecule has 5 heteroatoms. The zero-order valence-corrected chi connectivity index (χ0v) is 16.0. The molecule has 1 aromatic carbocycles. The maximum Gasteiger partial charge on any atom is 0.258 e. The van der Waals surface area contributed by atoms with E-state index < -0.39 is 0 Å². The van der Waals surface area contributed by atoms with E-state index in [1.807, 2.05) is 31.2 Å². The molecular weight excluding hydrogens is 328 g/mol. The third-order valence-corrected chi connectivity index (χ3v) is 5.89. The van der Waals surface area contributed by atoms with Crippen molar-refractivity contribution in [3.05, 3.63) is 29.8 Å². The van der Waals surface area contributed by atoms with Crippen molar-refractivity contribution in [1.29, 1.82) is 0 Å². The number of amides is 2. The molecule has 0 bridgehead atoms. The van der Waals surface area contributed by atoms with Gasteiger partial charge in [-0.2, -0.15) is 0 Å². The summed E-state index contributed by atoms with van der Waals surface area (Å²) in [7, 11) is 0. The Bertz CT molecular complexity index is 658. The van der Waals surface area contributed by atoms with Crippen molar-refractivity contribution >= 4 is 11.8 Å². The van der Waals surface area contributed by atoms with Crippen LogP contribution in [0, 0.1) is 24.7 Å². The Kier molecular flexibility index (Phi) is 5.84. The SMILES string of the molecule is Cc1ccccc1OCC(=O)NC1CCC2C(C1)NC(=O)CC2C(C)C. The van der Waals surface area contributed by atoms with Gasteiger partial charge < -0.3 is 15.4 Å². The van der Waals surface area contributed by atoms with E-state index in [1.165, 1.54) is 0 Å².